The lowest BCUT2D eigenvalue weighted by Gasteiger charge is -2.11. The molecule has 0 radical (unpaired) electrons. The number of H-pyrrole nitrogens is 1. The van der Waals surface area contributed by atoms with E-state index in [-0.39, 0.29) is 24.4 Å². The average molecular weight is 309 g/mol. The van der Waals surface area contributed by atoms with Crippen LogP contribution < -0.4 is 10.6 Å². The fourth-order valence-corrected chi connectivity index (χ4v) is 2.33. The maximum absolute atomic E-state index is 11.9. The van der Waals surface area contributed by atoms with Crippen LogP contribution >= 0.6 is 12.4 Å². The van der Waals surface area contributed by atoms with E-state index < -0.39 is 0 Å². The van der Waals surface area contributed by atoms with Crippen LogP contribution in [-0.4, -0.2) is 39.1 Å². The minimum atomic E-state index is -0.0459. The summed E-state index contributed by atoms with van der Waals surface area (Å²) in [7, 11) is 0. The molecule has 1 fully saturated rings. The Balaban J connectivity index is 0.00000161. The second-order valence-electron chi connectivity index (χ2n) is 4.80. The summed E-state index contributed by atoms with van der Waals surface area (Å²) in [5.41, 5.74) is 1.89. The van der Waals surface area contributed by atoms with Crippen molar-refractivity contribution in [1.29, 1.82) is 0 Å². The molecule has 0 aliphatic carbocycles. The Bertz CT molecular complexity index is 582. The topological polar surface area (TPSA) is 95.6 Å². The van der Waals surface area contributed by atoms with Gasteiger partial charge >= 0.3 is 0 Å². The van der Waals surface area contributed by atoms with E-state index in [0.717, 1.165) is 30.5 Å². The first-order valence-electron chi connectivity index (χ1n) is 6.67. The molecule has 0 saturated carbocycles. The number of nitrogens with one attached hydrogen (secondary N) is 3. The van der Waals surface area contributed by atoms with Gasteiger partial charge in [0.15, 0.2) is 0 Å². The molecule has 3 N–H and O–H groups in total. The van der Waals surface area contributed by atoms with Crippen molar-refractivity contribution in [3.05, 3.63) is 29.8 Å². The molecule has 1 amide bonds. The minimum Gasteiger partial charge on any atom is -0.351 e. The number of rotatable bonds is 4. The van der Waals surface area contributed by atoms with Crippen LogP contribution in [-0.2, 0) is 11.3 Å². The molecular weight excluding hydrogens is 292 g/mol. The van der Waals surface area contributed by atoms with E-state index in [1.165, 1.54) is 0 Å². The van der Waals surface area contributed by atoms with Gasteiger partial charge in [0.2, 0.25) is 11.7 Å². The van der Waals surface area contributed by atoms with E-state index in [2.05, 4.69) is 31.3 Å². The summed E-state index contributed by atoms with van der Waals surface area (Å²) in [6.45, 7) is 1.42. The van der Waals surface area contributed by atoms with Gasteiger partial charge in [-0.05, 0) is 36.2 Å². The molecule has 112 valence electrons. The molecule has 8 heteroatoms. The summed E-state index contributed by atoms with van der Waals surface area (Å²) in [6.07, 6.45) is 1.97. The summed E-state index contributed by atoms with van der Waals surface area (Å²) >= 11 is 0. The van der Waals surface area contributed by atoms with Gasteiger partial charge in [-0.1, -0.05) is 18.2 Å². The number of carbonyl (C=O) groups excluding carboxylic acids is 1. The van der Waals surface area contributed by atoms with Gasteiger partial charge < -0.3 is 10.6 Å². The van der Waals surface area contributed by atoms with Crippen LogP contribution in [0.2, 0.25) is 0 Å². The van der Waals surface area contributed by atoms with Crippen LogP contribution in [0, 0.1) is 0 Å². The summed E-state index contributed by atoms with van der Waals surface area (Å²) in [5.74, 6) is 0.614. The summed E-state index contributed by atoms with van der Waals surface area (Å²) in [4.78, 5) is 11.9. The number of tetrazole rings is 1. The van der Waals surface area contributed by atoms with Crippen molar-refractivity contribution in [3.63, 3.8) is 0 Å². The van der Waals surface area contributed by atoms with E-state index in [4.69, 9.17) is 0 Å². The lowest BCUT2D eigenvalue weighted by molar-refractivity contribution is -0.122. The highest BCUT2D eigenvalue weighted by Gasteiger charge is 2.21. The molecule has 1 atom stereocenters. The van der Waals surface area contributed by atoms with Gasteiger partial charge in [0, 0.05) is 12.1 Å². The van der Waals surface area contributed by atoms with Gasteiger partial charge in [-0.25, -0.2) is 0 Å². The summed E-state index contributed by atoms with van der Waals surface area (Å²) < 4.78 is 0. The number of hydrogen-bond donors (Lipinski definition) is 3. The zero-order chi connectivity index (χ0) is 13.8. The third kappa shape index (κ3) is 3.77. The maximum Gasteiger partial charge on any atom is 0.237 e. The molecule has 1 aromatic heterocycles. The smallest absolute Gasteiger partial charge is 0.237 e. The second-order valence-corrected chi connectivity index (χ2v) is 4.80. The minimum absolute atomic E-state index is 0. The normalized spacial score (nSPS) is 17.2. The van der Waals surface area contributed by atoms with Crippen LogP contribution in [0.3, 0.4) is 0 Å². The molecule has 3 rings (SSSR count). The fraction of sp³-hybridized carbons (Fsp3) is 0.385. The average Bonchev–Trinajstić information content (AvgIpc) is 3.17. The number of aromatic nitrogens is 4. The van der Waals surface area contributed by atoms with Gasteiger partial charge in [-0.2, -0.15) is 5.21 Å². The number of benzene rings is 1. The fourth-order valence-electron chi connectivity index (χ4n) is 2.33. The van der Waals surface area contributed by atoms with Crippen LogP contribution in [0.1, 0.15) is 18.4 Å². The van der Waals surface area contributed by atoms with Crippen molar-refractivity contribution in [2.75, 3.05) is 6.54 Å². The Kier molecular flexibility index (Phi) is 5.24. The number of nitrogens with zero attached hydrogens (tertiary/aromatic N) is 3. The number of aromatic amines is 1. The summed E-state index contributed by atoms with van der Waals surface area (Å²) in [5, 5.41) is 20.0. The van der Waals surface area contributed by atoms with Crippen molar-refractivity contribution in [2.24, 2.45) is 0 Å². The SMILES string of the molecule is Cl.O=C(NCc1cccc(-c2nn[nH]n2)c1)[C@@H]1CCCN1. The molecule has 0 unspecified atom stereocenters. The van der Waals surface area contributed by atoms with Crippen molar-refractivity contribution in [2.45, 2.75) is 25.4 Å². The Morgan fingerprint density at radius 1 is 1.43 bits per heavy atom. The molecule has 2 heterocycles. The van der Waals surface area contributed by atoms with Crippen LogP contribution in [0.4, 0.5) is 0 Å². The van der Waals surface area contributed by atoms with Crippen molar-refractivity contribution in [3.8, 4) is 11.4 Å². The van der Waals surface area contributed by atoms with Crippen LogP contribution in [0.5, 0.6) is 0 Å². The van der Waals surface area contributed by atoms with Crippen LogP contribution in [0.25, 0.3) is 11.4 Å². The molecule has 1 aromatic carbocycles. The molecule has 7 nitrogen and oxygen atoms in total. The van der Waals surface area contributed by atoms with Crippen molar-refractivity contribution >= 4 is 18.3 Å². The predicted molar refractivity (Wildman–Crippen MR) is 79.7 cm³/mol. The Labute approximate surface area is 128 Å². The van der Waals surface area contributed by atoms with Gasteiger partial charge in [-0.3, -0.25) is 4.79 Å². The molecule has 21 heavy (non-hydrogen) atoms. The van der Waals surface area contributed by atoms with Crippen molar-refractivity contribution in [1.82, 2.24) is 31.3 Å². The first-order valence-corrected chi connectivity index (χ1v) is 6.67. The Hall–Kier alpha value is -1.99. The molecule has 0 spiro atoms. The Morgan fingerprint density at radius 3 is 3.05 bits per heavy atom. The number of carbonyl (C=O) groups is 1. The van der Waals surface area contributed by atoms with Gasteiger partial charge in [-0.15, -0.1) is 22.6 Å². The number of halogens is 1. The molecule has 1 aliphatic rings. The third-order valence-electron chi connectivity index (χ3n) is 3.37. The predicted octanol–water partition coefficient (Wildman–Crippen LogP) is 0.657. The van der Waals surface area contributed by atoms with E-state index in [1.54, 1.807) is 0 Å². The largest absolute Gasteiger partial charge is 0.351 e. The molecular formula is C13H17ClN6O. The van der Waals surface area contributed by atoms with Gasteiger partial charge in [0.05, 0.1) is 6.04 Å². The van der Waals surface area contributed by atoms with Crippen LogP contribution in [0.15, 0.2) is 24.3 Å². The lowest BCUT2D eigenvalue weighted by Crippen LogP contribution is -2.39. The monoisotopic (exact) mass is 308 g/mol. The summed E-state index contributed by atoms with van der Waals surface area (Å²) in [6, 6.07) is 7.70. The number of hydrogen-bond acceptors (Lipinski definition) is 5. The number of amides is 1. The second kappa shape index (κ2) is 7.14. The van der Waals surface area contributed by atoms with E-state index in [1.807, 2.05) is 24.3 Å². The Morgan fingerprint density at radius 2 is 2.33 bits per heavy atom. The highest BCUT2D eigenvalue weighted by atomic mass is 35.5. The first-order chi connectivity index (χ1) is 9.83. The first kappa shape index (κ1) is 15.4. The molecule has 2 aromatic rings. The molecule has 0 bridgehead atoms. The zero-order valence-electron chi connectivity index (χ0n) is 11.4. The van der Waals surface area contributed by atoms with Gasteiger partial charge in [0.1, 0.15) is 0 Å². The van der Waals surface area contributed by atoms with Gasteiger partial charge in [0.25, 0.3) is 0 Å². The van der Waals surface area contributed by atoms with Crippen molar-refractivity contribution < 1.29 is 4.79 Å². The standard InChI is InChI=1S/C13H16N6O.ClH/c20-13(11-5-2-6-14-11)15-8-9-3-1-4-10(7-9)12-16-18-19-17-12;/h1,3-4,7,11,14H,2,5-6,8H2,(H,15,20)(H,16,17,18,19);1H/t11-;/m0./s1. The lowest BCUT2D eigenvalue weighted by atomic mass is 10.1. The highest BCUT2D eigenvalue weighted by molar-refractivity contribution is 5.85. The maximum atomic E-state index is 11.9. The van der Waals surface area contributed by atoms with E-state index in [0.29, 0.717) is 12.4 Å². The van der Waals surface area contributed by atoms with E-state index >= 15 is 0 Å². The third-order valence-corrected chi connectivity index (χ3v) is 3.37. The molecule has 1 saturated heterocycles. The zero-order valence-corrected chi connectivity index (χ0v) is 12.2. The molecule has 1 aliphatic heterocycles. The highest BCUT2D eigenvalue weighted by Crippen LogP contribution is 2.15. The van der Waals surface area contributed by atoms with E-state index in [9.17, 15) is 4.79 Å². The quantitative estimate of drug-likeness (QED) is 0.771.